The molecular formula is C11H12F3NO. The number of rotatable bonds is 2. The van der Waals surface area contributed by atoms with Gasteiger partial charge in [0.15, 0.2) is 0 Å². The molecule has 1 fully saturated rings. The van der Waals surface area contributed by atoms with Crippen LogP contribution in [-0.2, 0) is 6.18 Å². The number of nitrogens with one attached hydrogen (secondary N) is 1. The average molecular weight is 231 g/mol. The van der Waals surface area contributed by atoms with E-state index in [2.05, 4.69) is 5.32 Å². The quantitative estimate of drug-likeness (QED) is 0.844. The third kappa shape index (κ3) is 2.29. The van der Waals surface area contributed by atoms with E-state index in [1.165, 1.54) is 6.07 Å². The van der Waals surface area contributed by atoms with Gasteiger partial charge in [-0.1, -0.05) is 6.07 Å². The Labute approximate surface area is 91.4 Å². The summed E-state index contributed by atoms with van der Waals surface area (Å²) < 4.78 is 42.7. The first kappa shape index (κ1) is 11.3. The zero-order valence-electron chi connectivity index (χ0n) is 8.71. The summed E-state index contributed by atoms with van der Waals surface area (Å²) in [7, 11) is 0. The minimum Gasteiger partial charge on any atom is -0.487 e. The van der Waals surface area contributed by atoms with Crippen molar-refractivity contribution >= 4 is 0 Å². The second-order valence-electron chi connectivity index (χ2n) is 3.88. The van der Waals surface area contributed by atoms with Gasteiger partial charge in [0.2, 0.25) is 0 Å². The average Bonchev–Trinajstić information content (AvgIpc) is 2.23. The van der Waals surface area contributed by atoms with Gasteiger partial charge in [-0.25, -0.2) is 0 Å². The van der Waals surface area contributed by atoms with Gasteiger partial charge in [-0.05, 0) is 25.1 Å². The van der Waals surface area contributed by atoms with E-state index in [0.29, 0.717) is 6.54 Å². The summed E-state index contributed by atoms with van der Waals surface area (Å²) in [4.78, 5) is 0. The van der Waals surface area contributed by atoms with Crippen LogP contribution < -0.4 is 10.1 Å². The molecule has 1 N–H and O–H groups in total. The lowest BCUT2D eigenvalue weighted by atomic mass is 10.1. The number of hydrogen-bond donors (Lipinski definition) is 1. The van der Waals surface area contributed by atoms with Crippen molar-refractivity contribution in [3.8, 4) is 5.75 Å². The molecule has 88 valence electrons. The molecule has 0 amide bonds. The first-order valence-electron chi connectivity index (χ1n) is 5.04. The molecule has 2 atom stereocenters. The standard InChI is InChI=1S/C11H12F3NO/c1-7-10(6-15-7)16-9-4-2-3-8(5-9)11(12,13)14/h2-5,7,10,15H,6H2,1H3/t7-,10+/m0/s1. The van der Waals surface area contributed by atoms with Crippen LogP contribution in [0, 0.1) is 0 Å². The second-order valence-corrected chi connectivity index (χ2v) is 3.88. The maximum absolute atomic E-state index is 12.4. The smallest absolute Gasteiger partial charge is 0.416 e. The Kier molecular flexibility index (Phi) is 2.80. The van der Waals surface area contributed by atoms with Crippen molar-refractivity contribution in [2.24, 2.45) is 0 Å². The zero-order chi connectivity index (χ0) is 11.8. The van der Waals surface area contributed by atoms with Crippen LogP contribution in [-0.4, -0.2) is 18.7 Å². The van der Waals surface area contributed by atoms with Gasteiger partial charge in [-0.3, -0.25) is 0 Å². The first-order chi connectivity index (χ1) is 7.47. The number of halogens is 3. The van der Waals surface area contributed by atoms with E-state index < -0.39 is 11.7 Å². The molecule has 0 saturated carbocycles. The molecule has 0 aromatic heterocycles. The molecule has 2 rings (SSSR count). The van der Waals surface area contributed by atoms with E-state index in [4.69, 9.17) is 4.74 Å². The van der Waals surface area contributed by atoms with E-state index in [1.807, 2.05) is 6.92 Å². The van der Waals surface area contributed by atoms with Gasteiger partial charge >= 0.3 is 6.18 Å². The summed E-state index contributed by atoms with van der Waals surface area (Å²) in [5.74, 6) is 0.271. The molecule has 1 aromatic carbocycles. The summed E-state index contributed by atoms with van der Waals surface area (Å²) in [5.41, 5.74) is -0.676. The minimum absolute atomic E-state index is 0.0384. The molecule has 16 heavy (non-hydrogen) atoms. The second kappa shape index (κ2) is 3.97. The number of hydrogen-bond acceptors (Lipinski definition) is 2. The molecule has 1 aromatic rings. The molecule has 0 aliphatic carbocycles. The minimum atomic E-state index is -4.32. The number of alkyl halides is 3. The highest BCUT2D eigenvalue weighted by molar-refractivity contribution is 5.30. The Hall–Kier alpha value is -1.23. The summed E-state index contributed by atoms with van der Waals surface area (Å²) in [6, 6.07) is 5.16. The molecule has 1 aliphatic rings. The highest BCUT2D eigenvalue weighted by atomic mass is 19.4. The van der Waals surface area contributed by atoms with Crippen LogP contribution in [0.3, 0.4) is 0 Å². The summed E-state index contributed by atoms with van der Waals surface area (Å²) >= 11 is 0. The fraction of sp³-hybridized carbons (Fsp3) is 0.455. The third-order valence-electron chi connectivity index (χ3n) is 2.65. The van der Waals surface area contributed by atoms with Gasteiger partial charge in [0, 0.05) is 12.6 Å². The Morgan fingerprint density at radius 3 is 2.62 bits per heavy atom. The monoisotopic (exact) mass is 231 g/mol. The van der Waals surface area contributed by atoms with Crippen molar-refractivity contribution in [3.05, 3.63) is 29.8 Å². The van der Waals surface area contributed by atoms with Crippen molar-refractivity contribution in [3.63, 3.8) is 0 Å². The molecule has 1 saturated heterocycles. The van der Waals surface area contributed by atoms with Gasteiger partial charge < -0.3 is 10.1 Å². The van der Waals surface area contributed by atoms with Crippen LogP contribution in [0.1, 0.15) is 12.5 Å². The highest BCUT2D eigenvalue weighted by Crippen LogP contribution is 2.31. The third-order valence-corrected chi connectivity index (χ3v) is 2.65. The molecule has 1 heterocycles. The van der Waals surface area contributed by atoms with Crippen molar-refractivity contribution in [1.82, 2.24) is 5.32 Å². The van der Waals surface area contributed by atoms with E-state index in [1.54, 1.807) is 6.07 Å². The van der Waals surface area contributed by atoms with Gasteiger partial charge in [-0.2, -0.15) is 13.2 Å². The predicted octanol–water partition coefficient (Wildman–Crippen LogP) is 2.44. The molecular weight excluding hydrogens is 219 g/mol. The highest BCUT2D eigenvalue weighted by Gasteiger charge is 2.32. The van der Waals surface area contributed by atoms with E-state index in [9.17, 15) is 13.2 Å². The van der Waals surface area contributed by atoms with Crippen molar-refractivity contribution in [2.75, 3.05) is 6.54 Å². The summed E-state index contributed by atoms with van der Waals surface area (Å²) in [6.07, 6.45) is -4.36. The van der Waals surface area contributed by atoms with Crippen molar-refractivity contribution in [2.45, 2.75) is 25.2 Å². The largest absolute Gasteiger partial charge is 0.487 e. The molecule has 0 unspecified atom stereocenters. The van der Waals surface area contributed by atoms with Crippen LogP contribution in [0.4, 0.5) is 13.2 Å². The molecule has 5 heteroatoms. The zero-order valence-corrected chi connectivity index (χ0v) is 8.71. The Bertz CT molecular complexity index is 378. The number of benzene rings is 1. The van der Waals surface area contributed by atoms with Gasteiger partial charge in [0.05, 0.1) is 5.56 Å². The van der Waals surface area contributed by atoms with Crippen LogP contribution in [0.2, 0.25) is 0 Å². The van der Waals surface area contributed by atoms with Crippen LogP contribution in [0.5, 0.6) is 5.75 Å². The Balaban J connectivity index is 2.10. The van der Waals surface area contributed by atoms with Crippen LogP contribution in [0.15, 0.2) is 24.3 Å². The van der Waals surface area contributed by atoms with Gasteiger partial charge in [-0.15, -0.1) is 0 Å². The fourth-order valence-corrected chi connectivity index (χ4v) is 1.51. The van der Waals surface area contributed by atoms with Gasteiger partial charge in [0.25, 0.3) is 0 Å². The first-order valence-corrected chi connectivity index (χ1v) is 5.04. The number of ether oxygens (including phenoxy) is 1. The van der Waals surface area contributed by atoms with Crippen molar-refractivity contribution < 1.29 is 17.9 Å². The molecule has 1 aliphatic heterocycles. The van der Waals surface area contributed by atoms with E-state index >= 15 is 0 Å². The lowest BCUT2D eigenvalue weighted by molar-refractivity contribution is -0.137. The maximum atomic E-state index is 12.4. The molecule has 0 bridgehead atoms. The molecule has 0 spiro atoms. The topological polar surface area (TPSA) is 21.3 Å². The Morgan fingerprint density at radius 1 is 1.38 bits per heavy atom. The van der Waals surface area contributed by atoms with E-state index in [0.717, 1.165) is 12.1 Å². The van der Waals surface area contributed by atoms with Gasteiger partial charge in [0.1, 0.15) is 11.9 Å². The maximum Gasteiger partial charge on any atom is 0.416 e. The summed E-state index contributed by atoms with van der Waals surface area (Å²) in [6.45, 7) is 2.61. The van der Waals surface area contributed by atoms with E-state index in [-0.39, 0.29) is 17.9 Å². The summed E-state index contributed by atoms with van der Waals surface area (Å²) in [5, 5.41) is 3.08. The predicted molar refractivity (Wildman–Crippen MR) is 53.3 cm³/mol. The SMILES string of the molecule is C[C@@H]1NC[C@H]1Oc1cccc(C(F)(F)F)c1. The normalized spacial score (nSPS) is 25.0. The Morgan fingerprint density at radius 2 is 2.12 bits per heavy atom. The molecule has 0 radical (unpaired) electrons. The lowest BCUT2D eigenvalue weighted by Crippen LogP contribution is -2.58. The molecule has 2 nitrogen and oxygen atoms in total. The fourth-order valence-electron chi connectivity index (χ4n) is 1.51. The lowest BCUT2D eigenvalue weighted by Gasteiger charge is -2.35. The van der Waals surface area contributed by atoms with Crippen molar-refractivity contribution in [1.29, 1.82) is 0 Å². The van der Waals surface area contributed by atoms with Crippen LogP contribution >= 0.6 is 0 Å². The van der Waals surface area contributed by atoms with Crippen LogP contribution in [0.25, 0.3) is 0 Å².